The van der Waals surface area contributed by atoms with Crippen molar-refractivity contribution < 1.29 is 47.8 Å². The number of aromatic nitrogens is 1. The van der Waals surface area contributed by atoms with Crippen LogP contribution in [0, 0.1) is 13.8 Å². The Morgan fingerprint density at radius 3 is 2.56 bits per heavy atom. The van der Waals surface area contributed by atoms with Crippen LogP contribution in [0.1, 0.15) is 59.0 Å². The Balaban J connectivity index is 0.954. The maximum absolute atomic E-state index is 15.6. The van der Waals surface area contributed by atoms with Crippen molar-refractivity contribution in [1.82, 2.24) is 9.79 Å². The van der Waals surface area contributed by atoms with Crippen molar-refractivity contribution in [3.05, 3.63) is 105 Å². The second-order valence-corrected chi connectivity index (χ2v) is 13.5. The SMILES string of the molecule is Cc1cc(C)n2c1C=C1C=CC(CCC(=O)NCCCOc3ccc(Cc4cc([C@@H]5O[C@H](CO)[C@@H](O)[C@H](O)[C@H]5O)ccc4Cl)cc3)=[N+]1[B-]2(F)F. The van der Waals surface area contributed by atoms with E-state index in [1.807, 2.05) is 31.2 Å². The van der Waals surface area contributed by atoms with Crippen molar-refractivity contribution in [2.24, 2.45) is 0 Å². The first-order valence-electron chi connectivity index (χ1n) is 16.7. The predicted octanol–water partition coefficient (Wildman–Crippen LogP) is 3.83. The number of aliphatic hydroxyl groups excluding tert-OH is 4. The molecule has 0 radical (unpaired) electrons. The highest BCUT2D eigenvalue weighted by Gasteiger charge is 2.52. The lowest BCUT2D eigenvalue weighted by atomic mass is 9.90. The van der Waals surface area contributed by atoms with Crippen molar-refractivity contribution in [1.29, 1.82) is 0 Å². The monoisotopic (exact) mass is 711 g/mol. The van der Waals surface area contributed by atoms with Gasteiger partial charge in [-0.05, 0) is 78.9 Å². The van der Waals surface area contributed by atoms with Crippen molar-refractivity contribution in [2.45, 2.75) is 70.1 Å². The Morgan fingerprint density at radius 2 is 1.82 bits per heavy atom. The average Bonchev–Trinajstić information content (AvgIpc) is 3.64. The summed E-state index contributed by atoms with van der Waals surface area (Å²) < 4.78 is 44.9. The molecule has 0 unspecified atom stereocenters. The van der Waals surface area contributed by atoms with Gasteiger partial charge in [-0.3, -0.25) is 4.79 Å². The van der Waals surface area contributed by atoms with E-state index in [1.54, 1.807) is 49.4 Å². The highest BCUT2D eigenvalue weighted by molar-refractivity contribution is 6.58. The molecule has 3 aliphatic heterocycles. The molecule has 6 rings (SSSR count). The molecular formula is C36H41BClF2N3O7. The normalized spacial score (nSPS) is 23.8. The Kier molecular flexibility index (Phi) is 10.6. The van der Waals surface area contributed by atoms with E-state index in [0.717, 1.165) is 25.7 Å². The van der Waals surface area contributed by atoms with Gasteiger partial charge >= 0.3 is 6.97 Å². The molecule has 3 aliphatic rings. The number of hydrogen-bond donors (Lipinski definition) is 5. The zero-order valence-corrected chi connectivity index (χ0v) is 28.6. The third-order valence-corrected chi connectivity index (χ3v) is 9.91. The first-order valence-corrected chi connectivity index (χ1v) is 17.1. The molecule has 1 amide bonds. The van der Waals surface area contributed by atoms with Gasteiger partial charge in [-0.2, -0.15) is 0 Å². The van der Waals surface area contributed by atoms with Crippen molar-refractivity contribution >= 4 is 36.3 Å². The van der Waals surface area contributed by atoms with Crippen LogP contribution in [-0.4, -0.2) is 92.2 Å². The zero-order valence-electron chi connectivity index (χ0n) is 27.8. The first-order chi connectivity index (χ1) is 23.9. The van der Waals surface area contributed by atoms with E-state index in [4.69, 9.17) is 21.1 Å². The van der Waals surface area contributed by atoms with Gasteiger partial charge in [0.2, 0.25) is 5.91 Å². The molecule has 0 bridgehead atoms. The van der Waals surface area contributed by atoms with Gasteiger partial charge < -0.3 is 52.8 Å². The van der Waals surface area contributed by atoms with E-state index in [0.29, 0.717) is 65.1 Å². The molecular weight excluding hydrogens is 671 g/mol. The summed E-state index contributed by atoms with van der Waals surface area (Å²) in [5.74, 6) is 0.429. The number of aliphatic hydroxyl groups is 4. The number of benzene rings is 2. The summed E-state index contributed by atoms with van der Waals surface area (Å²) in [6, 6.07) is 14.3. The number of nitrogens with zero attached hydrogens (tertiary/aromatic N) is 2. The molecule has 1 aromatic heterocycles. The fourth-order valence-corrected chi connectivity index (χ4v) is 7.11. The molecule has 0 aliphatic carbocycles. The lowest BCUT2D eigenvalue weighted by Gasteiger charge is -2.40. The second-order valence-electron chi connectivity index (χ2n) is 13.0. The molecule has 4 heterocycles. The largest absolute Gasteiger partial charge is 0.737 e. The zero-order chi connectivity index (χ0) is 35.7. The van der Waals surface area contributed by atoms with E-state index in [1.165, 1.54) is 0 Å². The molecule has 10 nitrogen and oxygen atoms in total. The molecule has 50 heavy (non-hydrogen) atoms. The number of halogens is 3. The lowest BCUT2D eigenvalue weighted by Crippen LogP contribution is -2.55. The Bertz CT molecular complexity index is 1840. The van der Waals surface area contributed by atoms with Crippen molar-refractivity contribution in [3.63, 3.8) is 0 Å². The van der Waals surface area contributed by atoms with Crippen LogP contribution in [0.4, 0.5) is 8.63 Å². The summed E-state index contributed by atoms with van der Waals surface area (Å²) in [6.45, 7) is -0.320. The summed E-state index contributed by atoms with van der Waals surface area (Å²) in [7, 11) is 0. The van der Waals surface area contributed by atoms with Gasteiger partial charge in [-0.15, -0.1) is 0 Å². The number of aryl methyl sites for hydroxylation is 2. The summed E-state index contributed by atoms with van der Waals surface area (Å²) in [5, 5.41) is 43.7. The van der Waals surface area contributed by atoms with Gasteiger partial charge in [0.05, 0.1) is 13.2 Å². The molecule has 0 spiro atoms. The van der Waals surface area contributed by atoms with Gasteiger partial charge in [0.15, 0.2) is 5.70 Å². The fraction of sp³-hybridized carbons (Fsp3) is 0.389. The highest BCUT2D eigenvalue weighted by Crippen LogP contribution is 2.36. The average molecular weight is 712 g/mol. The van der Waals surface area contributed by atoms with Crippen molar-refractivity contribution in [2.75, 3.05) is 19.8 Å². The number of rotatable bonds is 12. The van der Waals surface area contributed by atoms with Crippen molar-refractivity contribution in [3.8, 4) is 5.75 Å². The van der Waals surface area contributed by atoms with Gasteiger partial charge in [0, 0.05) is 48.3 Å². The van der Waals surface area contributed by atoms with E-state index in [2.05, 4.69) is 5.32 Å². The first kappa shape index (κ1) is 36.0. The smallest absolute Gasteiger partial charge is 0.494 e. The van der Waals surface area contributed by atoms with Crippen LogP contribution in [0.2, 0.25) is 5.02 Å². The molecule has 5 N–H and O–H groups in total. The molecule has 1 saturated heterocycles. The summed E-state index contributed by atoms with van der Waals surface area (Å²) in [6.07, 6.45) is 0.145. The second kappa shape index (κ2) is 14.8. The number of amides is 1. The van der Waals surface area contributed by atoms with Crippen LogP contribution in [0.3, 0.4) is 0 Å². The molecule has 5 atom stereocenters. The minimum Gasteiger partial charge on any atom is -0.494 e. The molecule has 1 fully saturated rings. The summed E-state index contributed by atoms with van der Waals surface area (Å²) in [5.41, 5.74) is 4.94. The Morgan fingerprint density at radius 1 is 1.06 bits per heavy atom. The van der Waals surface area contributed by atoms with Crippen LogP contribution in [0.25, 0.3) is 6.08 Å². The standard InChI is InChI=1S/C36H41BClF2N3O7/c1-21-16-22(2)42-30(21)19-27-8-7-26(43(27)37(42,39)40)9-13-32(45)41-14-3-15-49-28-10-4-23(5-11-28)17-25-18-24(6-12-29(25)38)36-35(48)34(47)33(46)31(20-44)50-36/h4-8,10-12,16,18-19,31,33-36,44,46-48H,3,9,13-15,17,20H2,1-2H3,(H,41,45)/t31-,33-,34+,35-,36+/m1/s1. The van der Waals surface area contributed by atoms with Crippen LogP contribution in [-0.2, 0) is 16.0 Å². The van der Waals surface area contributed by atoms with Crippen LogP contribution in [0.5, 0.6) is 5.75 Å². The maximum atomic E-state index is 15.6. The summed E-state index contributed by atoms with van der Waals surface area (Å²) in [4.78, 5) is 12.5. The van der Waals surface area contributed by atoms with Crippen LogP contribution < -0.4 is 10.1 Å². The molecule has 14 heteroatoms. The van der Waals surface area contributed by atoms with Gasteiger partial charge in [-0.25, -0.2) is 0 Å². The minimum atomic E-state index is -4.06. The third kappa shape index (κ3) is 7.16. The van der Waals surface area contributed by atoms with Crippen LogP contribution in [0.15, 0.2) is 66.4 Å². The van der Waals surface area contributed by atoms with E-state index in [-0.39, 0.29) is 18.7 Å². The Labute approximate surface area is 294 Å². The fourth-order valence-electron chi connectivity index (χ4n) is 6.92. The van der Waals surface area contributed by atoms with Gasteiger partial charge in [0.1, 0.15) is 42.0 Å². The predicted molar refractivity (Wildman–Crippen MR) is 185 cm³/mol. The number of carbonyl (C=O) groups is 1. The topological polar surface area (TPSA) is 136 Å². The van der Waals surface area contributed by atoms with Gasteiger partial charge in [0.25, 0.3) is 0 Å². The number of allylic oxidation sites excluding steroid dienone is 2. The van der Waals surface area contributed by atoms with Crippen LogP contribution >= 0.6 is 11.6 Å². The number of fused-ring (bicyclic) bond motifs is 2. The number of carbonyl (C=O) groups excluding carboxylic acids is 1. The minimum absolute atomic E-state index is 0.0872. The van der Waals surface area contributed by atoms with E-state index < -0.39 is 44.1 Å². The lowest BCUT2D eigenvalue weighted by molar-refractivity contribution is -0.362. The molecule has 3 aromatic rings. The molecule has 2 aromatic carbocycles. The van der Waals surface area contributed by atoms with E-state index >= 15 is 8.63 Å². The Hall–Kier alpha value is -3.85. The highest BCUT2D eigenvalue weighted by atomic mass is 35.5. The number of nitrogens with one attached hydrogen (secondary N) is 1. The third-order valence-electron chi connectivity index (χ3n) is 9.54. The molecule has 0 saturated carbocycles. The summed E-state index contributed by atoms with van der Waals surface area (Å²) >= 11 is 6.47. The number of hydrogen-bond acceptors (Lipinski definition) is 7. The maximum Gasteiger partial charge on any atom is 0.737 e. The number of ether oxygens (including phenoxy) is 2. The molecule has 266 valence electrons. The van der Waals surface area contributed by atoms with Gasteiger partial charge in [-0.1, -0.05) is 35.9 Å². The van der Waals surface area contributed by atoms with E-state index in [9.17, 15) is 25.2 Å². The quantitative estimate of drug-likeness (QED) is 0.142.